The Morgan fingerprint density at radius 2 is 1.54 bits per heavy atom. The molecule has 4 aromatic rings. The Kier molecular flexibility index (Phi) is 14.8. The van der Waals surface area contributed by atoms with Gasteiger partial charge < -0.3 is 24.4 Å². The fourth-order valence-electron chi connectivity index (χ4n) is 8.59. The van der Waals surface area contributed by atoms with Gasteiger partial charge in [-0.2, -0.15) is 0 Å². The maximum Gasteiger partial charge on any atom is 0.164 e. The van der Waals surface area contributed by atoms with Crippen LogP contribution in [0.5, 0.6) is 17.2 Å². The number of anilines is 1. The molecule has 2 fully saturated rings. The van der Waals surface area contributed by atoms with Gasteiger partial charge in [0.05, 0.1) is 27.4 Å². The number of hydrogen-bond donors (Lipinski definition) is 1. The molecule has 0 amide bonds. The highest BCUT2D eigenvalue weighted by Gasteiger charge is 2.30. The van der Waals surface area contributed by atoms with E-state index in [1.807, 2.05) is 33.4 Å². The Labute approximate surface area is 343 Å². The third-order valence-electron chi connectivity index (χ3n) is 11.7. The molecule has 57 heavy (non-hydrogen) atoms. The molecule has 1 N–H and O–H groups in total. The van der Waals surface area contributed by atoms with Crippen LogP contribution in [0.2, 0.25) is 0 Å². The van der Waals surface area contributed by atoms with E-state index in [0.717, 1.165) is 93.1 Å². The average Bonchev–Trinajstić information content (AvgIpc) is 4.11. The SMILES string of the molecule is CC.CCCc1cc(C2C=C(CN3CCC(N(Cc4cncc(-c5cc(OC)c(OC)c(C6CC6)c5)c4)c4ccc(C)cc4)CC3)C=CN2)cc(OC)c1CCC. The molecule has 0 bridgehead atoms. The van der Waals surface area contributed by atoms with Crippen molar-refractivity contribution in [2.24, 2.45) is 0 Å². The van der Waals surface area contributed by atoms with Crippen LogP contribution in [-0.4, -0.2) is 56.9 Å². The van der Waals surface area contributed by atoms with E-state index >= 15 is 0 Å². The fraction of sp³-hybridized carbons (Fsp3) is 0.460. The van der Waals surface area contributed by atoms with E-state index in [1.165, 1.54) is 57.5 Å². The number of piperidine rings is 1. The third kappa shape index (κ3) is 10.2. The van der Waals surface area contributed by atoms with Gasteiger partial charge in [0.1, 0.15) is 5.75 Å². The summed E-state index contributed by atoms with van der Waals surface area (Å²) >= 11 is 0. The normalized spacial score (nSPS) is 16.9. The lowest BCUT2D eigenvalue weighted by Gasteiger charge is -2.40. The predicted molar refractivity (Wildman–Crippen MR) is 237 cm³/mol. The summed E-state index contributed by atoms with van der Waals surface area (Å²) in [5.41, 5.74) is 12.7. The molecule has 1 aliphatic carbocycles. The van der Waals surface area contributed by atoms with E-state index in [4.69, 9.17) is 19.2 Å². The van der Waals surface area contributed by atoms with Crippen molar-refractivity contribution in [1.29, 1.82) is 0 Å². The van der Waals surface area contributed by atoms with Crippen molar-refractivity contribution in [1.82, 2.24) is 15.2 Å². The molecule has 2 aliphatic heterocycles. The minimum absolute atomic E-state index is 0.137. The Bertz CT molecular complexity index is 1970. The summed E-state index contributed by atoms with van der Waals surface area (Å²) < 4.78 is 17.5. The molecule has 7 nitrogen and oxygen atoms in total. The van der Waals surface area contributed by atoms with Gasteiger partial charge in [0.25, 0.3) is 0 Å². The number of likely N-dealkylation sites (tertiary alicyclic amines) is 1. The van der Waals surface area contributed by atoms with Crippen LogP contribution in [0, 0.1) is 6.92 Å². The molecule has 1 aromatic heterocycles. The van der Waals surface area contributed by atoms with Crippen LogP contribution >= 0.6 is 0 Å². The van der Waals surface area contributed by atoms with Gasteiger partial charge in [0.15, 0.2) is 11.5 Å². The summed E-state index contributed by atoms with van der Waals surface area (Å²) in [6.45, 7) is 14.6. The van der Waals surface area contributed by atoms with E-state index < -0.39 is 0 Å². The van der Waals surface area contributed by atoms with E-state index in [0.29, 0.717) is 12.0 Å². The predicted octanol–water partition coefficient (Wildman–Crippen LogP) is 11.1. The first-order chi connectivity index (χ1) is 27.9. The maximum atomic E-state index is 5.93. The highest BCUT2D eigenvalue weighted by Crippen LogP contribution is 2.49. The van der Waals surface area contributed by atoms with Gasteiger partial charge in [0.2, 0.25) is 0 Å². The van der Waals surface area contributed by atoms with Crippen LogP contribution in [0.1, 0.15) is 112 Å². The Morgan fingerprint density at radius 1 is 0.807 bits per heavy atom. The molecule has 0 spiro atoms. The second-order valence-electron chi connectivity index (χ2n) is 15.7. The Morgan fingerprint density at radius 3 is 2.21 bits per heavy atom. The second kappa shape index (κ2) is 20.1. The van der Waals surface area contributed by atoms with Crippen LogP contribution in [0.25, 0.3) is 11.1 Å². The maximum absolute atomic E-state index is 5.93. The molecule has 7 heteroatoms. The number of pyridine rings is 1. The molecular formula is C50H66N4O3. The zero-order valence-corrected chi connectivity index (χ0v) is 35.9. The smallest absolute Gasteiger partial charge is 0.164 e. The fourth-order valence-corrected chi connectivity index (χ4v) is 8.59. The average molecular weight is 771 g/mol. The molecule has 3 heterocycles. The van der Waals surface area contributed by atoms with Gasteiger partial charge in [-0.15, -0.1) is 0 Å². The Balaban J connectivity index is 0.00000270. The zero-order valence-electron chi connectivity index (χ0n) is 35.9. The molecule has 304 valence electrons. The molecule has 1 atom stereocenters. The number of nitrogens with zero attached hydrogens (tertiary/aromatic N) is 3. The molecule has 0 radical (unpaired) electrons. The summed E-state index contributed by atoms with van der Waals surface area (Å²) in [7, 11) is 5.27. The largest absolute Gasteiger partial charge is 0.496 e. The Hall–Kier alpha value is -4.75. The minimum Gasteiger partial charge on any atom is -0.496 e. The van der Waals surface area contributed by atoms with Crippen molar-refractivity contribution < 1.29 is 14.2 Å². The van der Waals surface area contributed by atoms with Crippen LogP contribution < -0.4 is 24.4 Å². The standard InChI is InChI=1S/C48H60N4O3.C2H6/c1-7-9-37-25-39(28-46(53-4)43(37)10-8-2)45-24-34(17-20-50-45)31-51-21-18-42(19-22-51)52(41-15-11-33(3)12-16-41)32-35-23-40(30-49-29-35)38-26-44(36-13-14-36)48(55-6)47(27-38)54-5;1-2/h11-12,15-17,20,23-30,36,42,45,50H,7-10,13-14,18-19,21-22,31-32H2,1-6H3;1-2H3. The zero-order chi connectivity index (χ0) is 40.3. The first-order valence-corrected chi connectivity index (χ1v) is 21.5. The quantitative estimate of drug-likeness (QED) is 0.122. The van der Waals surface area contributed by atoms with Gasteiger partial charge in [-0.25, -0.2) is 0 Å². The van der Waals surface area contributed by atoms with Crippen molar-refractivity contribution in [2.75, 3.05) is 45.9 Å². The molecule has 7 rings (SSSR count). The summed E-state index contributed by atoms with van der Waals surface area (Å²) in [5, 5.41) is 3.62. The molecule has 1 unspecified atom stereocenters. The lowest BCUT2D eigenvalue weighted by Crippen LogP contribution is -2.45. The van der Waals surface area contributed by atoms with E-state index in [-0.39, 0.29) is 6.04 Å². The van der Waals surface area contributed by atoms with Crippen molar-refractivity contribution in [2.45, 2.75) is 111 Å². The molecule has 3 aliphatic rings. The summed E-state index contributed by atoms with van der Waals surface area (Å²) in [6, 6.07) is 21.0. The van der Waals surface area contributed by atoms with Gasteiger partial charge in [-0.1, -0.05) is 70.4 Å². The van der Waals surface area contributed by atoms with Crippen LogP contribution in [0.15, 0.2) is 90.9 Å². The number of hydrogen-bond acceptors (Lipinski definition) is 7. The van der Waals surface area contributed by atoms with Gasteiger partial charge >= 0.3 is 0 Å². The van der Waals surface area contributed by atoms with Gasteiger partial charge in [-0.05, 0) is 133 Å². The number of rotatable bonds is 16. The van der Waals surface area contributed by atoms with E-state index in [1.54, 1.807) is 14.2 Å². The van der Waals surface area contributed by atoms with Crippen LogP contribution in [0.3, 0.4) is 0 Å². The van der Waals surface area contributed by atoms with Crippen LogP contribution in [0.4, 0.5) is 5.69 Å². The van der Waals surface area contributed by atoms with Gasteiger partial charge in [-0.3, -0.25) is 9.88 Å². The molecular weight excluding hydrogens is 705 g/mol. The lowest BCUT2D eigenvalue weighted by molar-refractivity contribution is 0.224. The molecule has 1 saturated carbocycles. The highest BCUT2D eigenvalue weighted by atomic mass is 16.5. The number of methoxy groups -OCH3 is 3. The topological polar surface area (TPSA) is 59.1 Å². The second-order valence-corrected chi connectivity index (χ2v) is 15.7. The number of benzene rings is 3. The van der Waals surface area contributed by atoms with E-state index in [2.05, 4.69) is 109 Å². The van der Waals surface area contributed by atoms with Crippen LogP contribution in [-0.2, 0) is 19.4 Å². The number of aromatic nitrogens is 1. The number of nitrogens with one attached hydrogen (secondary N) is 1. The van der Waals surface area contributed by atoms with Crippen molar-refractivity contribution in [3.05, 3.63) is 124 Å². The third-order valence-corrected chi connectivity index (χ3v) is 11.7. The molecule has 1 saturated heterocycles. The summed E-state index contributed by atoms with van der Waals surface area (Å²) in [6.07, 6.45) is 19.8. The van der Waals surface area contributed by atoms with E-state index in [9.17, 15) is 0 Å². The lowest BCUT2D eigenvalue weighted by atomic mass is 9.92. The number of ether oxygens (including phenoxy) is 3. The first-order valence-electron chi connectivity index (χ1n) is 21.5. The van der Waals surface area contributed by atoms with Crippen molar-refractivity contribution in [3.8, 4) is 28.4 Å². The van der Waals surface area contributed by atoms with Crippen molar-refractivity contribution >= 4 is 5.69 Å². The summed E-state index contributed by atoms with van der Waals surface area (Å²) in [5.74, 6) is 3.22. The summed E-state index contributed by atoms with van der Waals surface area (Å²) in [4.78, 5) is 10.0. The number of dihydropyridines is 1. The monoisotopic (exact) mass is 771 g/mol. The first kappa shape index (κ1) is 41.9. The number of aryl methyl sites for hydroxylation is 2. The van der Waals surface area contributed by atoms with Crippen molar-refractivity contribution in [3.63, 3.8) is 0 Å². The highest BCUT2D eigenvalue weighted by molar-refractivity contribution is 5.70. The minimum atomic E-state index is 0.137. The van der Waals surface area contributed by atoms with Gasteiger partial charge in [0, 0.05) is 61.4 Å². The molecule has 3 aromatic carbocycles.